The van der Waals surface area contributed by atoms with E-state index in [1.54, 1.807) is 0 Å². The van der Waals surface area contributed by atoms with E-state index < -0.39 is 0 Å². The number of nitrogens with zero attached hydrogens (tertiary/aromatic N) is 4. The van der Waals surface area contributed by atoms with E-state index in [4.69, 9.17) is 0 Å². The van der Waals surface area contributed by atoms with Crippen LogP contribution in [0.3, 0.4) is 0 Å². The molecule has 5 heteroatoms. The lowest BCUT2D eigenvalue weighted by Gasteiger charge is -2.00. The van der Waals surface area contributed by atoms with E-state index in [-0.39, 0.29) is 17.0 Å². The number of hydrogen-bond donors (Lipinski definition) is 0. The number of halogens is 1. The molecule has 0 atom stereocenters. The molecule has 0 aliphatic heterocycles. The minimum atomic E-state index is 0. The molecule has 0 spiro atoms. The van der Waals surface area contributed by atoms with E-state index in [0.717, 1.165) is 13.1 Å². The minimum absolute atomic E-state index is 0. The first-order valence-electron chi connectivity index (χ1n) is 7.76. The molecule has 0 aromatic carbocycles. The molecule has 0 saturated carbocycles. The van der Waals surface area contributed by atoms with Gasteiger partial charge in [-0.3, -0.25) is 0 Å². The summed E-state index contributed by atoms with van der Waals surface area (Å²) < 4.78 is 8.74. The first-order chi connectivity index (χ1) is 9.74. The number of aromatic nitrogens is 4. The summed E-state index contributed by atoms with van der Waals surface area (Å²) in [6.07, 6.45) is 20.8. The quantitative estimate of drug-likeness (QED) is 0.485. The van der Waals surface area contributed by atoms with Crippen LogP contribution in [-0.2, 0) is 27.2 Å². The molecule has 21 heavy (non-hydrogen) atoms. The predicted molar refractivity (Wildman–Crippen MR) is 89.2 cm³/mol. The van der Waals surface area contributed by atoms with E-state index in [9.17, 15) is 0 Å². The van der Waals surface area contributed by atoms with Crippen LogP contribution < -0.4 is 9.13 Å². The van der Waals surface area contributed by atoms with Gasteiger partial charge >= 0.3 is 0 Å². The van der Waals surface area contributed by atoms with Crippen molar-refractivity contribution < 1.29 is 9.13 Å². The Balaban J connectivity index is 0.00000220. The molecular weight excluding hydrogens is 328 g/mol. The van der Waals surface area contributed by atoms with Gasteiger partial charge < -0.3 is 0 Å². The Bertz CT molecular complexity index is 458. The average molecular weight is 357 g/mol. The van der Waals surface area contributed by atoms with Gasteiger partial charge in [-0.05, 0) is 25.7 Å². The third-order valence-electron chi connectivity index (χ3n) is 3.73. The Morgan fingerprint density at radius 2 is 1.05 bits per heavy atom. The lowest BCUT2D eigenvalue weighted by molar-refractivity contribution is -0.671. The zero-order valence-corrected chi connectivity index (χ0v) is 15.0. The molecule has 0 saturated heterocycles. The fraction of sp³-hybridized carbons (Fsp3) is 0.625. The maximum Gasteiger partial charge on any atom is 0.243 e. The molecule has 0 fully saturated rings. The number of rotatable bonds is 9. The third kappa shape index (κ3) is 6.93. The van der Waals surface area contributed by atoms with Crippen LogP contribution in [0, 0.1) is 0 Å². The van der Waals surface area contributed by atoms with Crippen LogP contribution in [0.2, 0.25) is 0 Å². The predicted octanol–water partition coefficient (Wildman–Crippen LogP) is 2.56. The highest BCUT2D eigenvalue weighted by molar-refractivity contribution is 8.93. The Kier molecular flexibility index (Phi) is 8.35. The van der Waals surface area contributed by atoms with Gasteiger partial charge in [-0.1, -0.05) is 12.8 Å². The topological polar surface area (TPSA) is 17.6 Å². The van der Waals surface area contributed by atoms with Crippen molar-refractivity contribution in [1.82, 2.24) is 9.13 Å². The van der Waals surface area contributed by atoms with Gasteiger partial charge in [0, 0.05) is 0 Å². The summed E-state index contributed by atoms with van der Waals surface area (Å²) in [5, 5.41) is 0. The summed E-state index contributed by atoms with van der Waals surface area (Å²) in [4.78, 5) is 0. The smallest absolute Gasteiger partial charge is 0.240 e. The third-order valence-corrected chi connectivity index (χ3v) is 3.73. The van der Waals surface area contributed by atoms with Crippen LogP contribution in [0.4, 0.5) is 0 Å². The number of aryl methyl sites for hydroxylation is 4. The van der Waals surface area contributed by atoms with Gasteiger partial charge in [0.25, 0.3) is 0 Å². The van der Waals surface area contributed by atoms with E-state index in [2.05, 4.69) is 69.8 Å². The SMILES string of the molecule is Br.C[n+]1ccn(CCCCCCCCn2cc[n+](C)c2)c1. The normalized spacial score (nSPS) is 10.6. The molecule has 2 aromatic rings. The number of hydrogen-bond acceptors (Lipinski definition) is 0. The van der Waals surface area contributed by atoms with Gasteiger partial charge in [0.2, 0.25) is 12.7 Å². The Hall–Kier alpha value is -1.10. The molecular formula is C16H29BrN4+2. The van der Waals surface area contributed by atoms with Crippen molar-refractivity contribution >= 4 is 17.0 Å². The Labute approximate surface area is 138 Å². The van der Waals surface area contributed by atoms with Gasteiger partial charge in [-0.2, -0.15) is 0 Å². The molecule has 0 radical (unpaired) electrons. The largest absolute Gasteiger partial charge is 0.243 e. The lowest BCUT2D eigenvalue weighted by Crippen LogP contribution is -2.23. The molecule has 0 N–H and O–H groups in total. The molecule has 2 rings (SSSR count). The zero-order valence-electron chi connectivity index (χ0n) is 13.3. The monoisotopic (exact) mass is 356 g/mol. The van der Waals surface area contributed by atoms with Gasteiger partial charge in [0.1, 0.15) is 24.8 Å². The van der Waals surface area contributed by atoms with Crippen molar-refractivity contribution in [1.29, 1.82) is 0 Å². The van der Waals surface area contributed by atoms with E-state index in [1.807, 2.05) is 0 Å². The standard InChI is InChI=1S/C16H28N4.BrH/c1-17-11-13-19(15-17)9-7-5-3-4-6-8-10-20-14-12-18(2)16-20;/h11-16H,3-10H2,1-2H3;1H/q+2;. The molecule has 0 amide bonds. The Morgan fingerprint density at radius 1 is 0.667 bits per heavy atom. The fourth-order valence-corrected chi connectivity index (χ4v) is 2.56. The molecule has 0 aliphatic rings. The molecule has 4 nitrogen and oxygen atoms in total. The lowest BCUT2D eigenvalue weighted by atomic mass is 10.1. The van der Waals surface area contributed by atoms with Crippen molar-refractivity contribution in [3.63, 3.8) is 0 Å². The van der Waals surface area contributed by atoms with Gasteiger partial charge in [-0.15, -0.1) is 17.0 Å². The summed E-state index contributed by atoms with van der Waals surface area (Å²) in [6.45, 7) is 2.31. The number of unbranched alkanes of at least 4 members (excludes halogenated alkanes) is 5. The zero-order chi connectivity index (χ0) is 14.2. The van der Waals surface area contributed by atoms with E-state index in [0.29, 0.717) is 0 Å². The van der Waals surface area contributed by atoms with Crippen LogP contribution in [0.5, 0.6) is 0 Å². The molecule has 0 aliphatic carbocycles. The van der Waals surface area contributed by atoms with E-state index in [1.165, 1.54) is 38.5 Å². The van der Waals surface area contributed by atoms with Crippen molar-refractivity contribution in [3.05, 3.63) is 37.4 Å². The fourth-order valence-electron chi connectivity index (χ4n) is 2.56. The highest BCUT2D eigenvalue weighted by Gasteiger charge is 2.01. The minimum Gasteiger partial charge on any atom is -0.240 e. The van der Waals surface area contributed by atoms with Gasteiger partial charge in [0.15, 0.2) is 0 Å². The van der Waals surface area contributed by atoms with Crippen molar-refractivity contribution in [2.45, 2.75) is 51.6 Å². The van der Waals surface area contributed by atoms with Crippen LogP contribution in [0.25, 0.3) is 0 Å². The summed E-state index contributed by atoms with van der Waals surface area (Å²) in [5.74, 6) is 0. The number of imidazole rings is 2. The highest BCUT2D eigenvalue weighted by atomic mass is 79.9. The second-order valence-electron chi connectivity index (χ2n) is 5.76. The van der Waals surface area contributed by atoms with Crippen LogP contribution in [0.1, 0.15) is 38.5 Å². The summed E-state index contributed by atoms with van der Waals surface area (Å²) in [5.41, 5.74) is 0. The van der Waals surface area contributed by atoms with E-state index >= 15 is 0 Å². The highest BCUT2D eigenvalue weighted by Crippen LogP contribution is 2.07. The first kappa shape index (κ1) is 18.0. The van der Waals surface area contributed by atoms with Gasteiger partial charge in [0.05, 0.1) is 27.2 Å². The average Bonchev–Trinajstić information content (AvgIpc) is 3.02. The summed E-state index contributed by atoms with van der Waals surface area (Å²) >= 11 is 0. The van der Waals surface area contributed by atoms with Crippen molar-refractivity contribution in [2.24, 2.45) is 14.1 Å². The maximum absolute atomic E-state index is 2.27. The second-order valence-corrected chi connectivity index (χ2v) is 5.76. The maximum atomic E-state index is 2.27. The first-order valence-corrected chi connectivity index (χ1v) is 7.76. The summed E-state index contributed by atoms with van der Waals surface area (Å²) in [6, 6.07) is 0. The van der Waals surface area contributed by atoms with Crippen molar-refractivity contribution in [2.75, 3.05) is 0 Å². The molecule has 118 valence electrons. The molecule has 0 bridgehead atoms. The van der Waals surface area contributed by atoms with Crippen LogP contribution in [0.15, 0.2) is 37.4 Å². The van der Waals surface area contributed by atoms with Gasteiger partial charge in [-0.25, -0.2) is 18.3 Å². The van der Waals surface area contributed by atoms with Crippen LogP contribution in [-0.4, -0.2) is 9.13 Å². The molecule has 2 aromatic heterocycles. The summed E-state index contributed by atoms with van der Waals surface area (Å²) in [7, 11) is 4.14. The van der Waals surface area contributed by atoms with Crippen LogP contribution >= 0.6 is 17.0 Å². The molecule has 0 unspecified atom stereocenters. The second kappa shape index (κ2) is 9.77. The molecule has 2 heterocycles. The van der Waals surface area contributed by atoms with Crippen molar-refractivity contribution in [3.8, 4) is 0 Å². The Morgan fingerprint density at radius 3 is 1.38 bits per heavy atom.